The highest BCUT2D eigenvalue weighted by Crippen LogP contribution is 2.34. The summed E-state index contributed by atoms with van der Waals surface area (Å²) in [6.07, 6.45) is 1.86. The summed E-state index contributed by atoms with van der Waals surface area (Å²) in [4.78, 5) is 21.3. The highest BCUT2D eigenvalue weighted by molar-refractivity contribution is 5.76. The molecule has 0 aliphatic carbocycles. The minimum Gasteiger partial charge on any atom is -0.309 e. The van der Waals surface area contributed by atoms with Gasteiger partial charge in [-0.25, -0.2) is 15.0 Å². The Hall–Kier alpha value is -5.16. The van der Waals surface area contributed by atoms with Crippen molar-refractivity contribution in [3.05, 3.63) is 140 Å². The quantitative estimate of drug-likeness (QED) is 0.246. The first-order valence-corrected chi connectivity index (χ1v) is 12.1. The van der Waals surface area contributed by atoms with Gasteiger partial charge >= 0.3 is 0 Å². The van der Waals surface area contributed by atoms with Crippen LogP contribution in [0.1, 0.15) is 0 Å². The number of pyridine rings is 1. The Balaban J connectivity index is 1.43. The van der Waals surface area contributed by atoms with Crippen molar-refractivity contribution in [3.63, 3.8) is 0 Å². The summed E-state index contributed by atoms with van der Waals surface area (Å²) >= 11 is 0. The van der Waals surface area contributed by atoms with E-state index in [1.54, 1.807) is 0 Å². The molecular formula is C32H23N5. The van der Waals surface area contributed by atoms with Gasteiger partial charge in [-0.15, -0.1) is 0 Å². The second-order valence-corrected chi connectivity index (χ2v) is 8.45. The van der Waals surface area contributed by atoms with Crippen molar-refractivity contribution in [2.45, 2.75) is 0 Å². The van der Waals surface area contributed by atoms with E-state index in [1.807, 2.05) is 109 Å². The van der Waals surface area contributed by atoms with Crippen LogP contribution in [0, 0.1) is 0 Å². The number of aromatic nitrogens is 4. The third-order valence-corrected chi connectivity index (χ3v) is 5.96. The van der Waals surface area contributed by atoms with Gasteiger partial charge in [-0.3, -0.25) is 4.98 Å². The summed E-state index contributed by atoms with van der Waals surface area (Å²) in [7, 11) is 0. The summed E-state index contributed by atoms with van der Waals surface area (Å²) in [6.45, 7) is 0. The van der Waals surface area contributed by atoms with E-state index < -0.39 is 0 Å². The molecule has 0 bridgehead atoms. The Morgan fingerprint density at radius 3 is 1.24 bits per heavy atom. The Labute approximate surface area is 215 Å². The molecule has 0 fully saturated rings. The van der Waals surface area contributed by atoms with Gasteiger partial charge in [0, 0.05) is 22.5 Å². The Morgan fingerprint density at radius 1 is 0.378 bits per heavy atom. The lowest BCUT2D eigenvalue weighted by atomic mass is 10.2. The lowest BCUT2D eigenvalue weighted by Crippen LogP contribution is -2.10. The van der Waals surface area contributed by atoms with Crippen molar-refractivity contribution in [1.29, 1.82) is 0 Å². The lowest BCUT2D eigenvalue weighted by Gasteiger charge is -2.25. The molecule has 0 unspecified atom stereocenters. The van der Waals surface area contributed by atoms with E-state index in [0.717, 1.165) is 28.2 Å². The largest absolute Gasteiger partial charge is 0.309 e. The van der Waals surface area contributed by atoms with Gasteiger partial charge in [0.1, 0.15) is 5.69 Å². The van der Waals surface area contributed by atoms with Crippen LogP contribution in [0.5, 0.6) is 0 Å². The second-order valence-electron chi connectivity index (χ2n) is 8.45. The van der Waals surface area contributed by atoms with Gasteiger partial charge in [0.25, 0.3) is 0 Å². The zero-order valence-corrected chi connectivity index (χ0v) is 20.0. The molecule has 2 aromatic heterocycles. The standard InChI is InChI=1S/C32H23N5/c1-5-13-24(14-6-1)30-34-31(25-15-7-2-8-16-25)36-32(35-30)29-22-21-28(23-33-29)37(26-17-9-3-10-18-26)27-19-11-4-12-20-27/h1-23H. The molecule has 0 spiro atoms. The lowest BCUT2D eigenvalue weighted by molar-refractivity contribution is 1.06. The number of hydrogen-bond donors (Lipinski definition) is 0. The molecule has 6 aromatic rings. The summed E-state index contributed by atoms with van der Waals surface area (Å²) in [6, 6.07) is 44.4. The van der Waals surface area contributed by atoms with E-state index in [9.17, 15) is 0 Å². The molecule has 6 rings (SSSR count). The van der Waals surface area contributed by atoms with E-state index in [2.05, 4.69) is 35.2 Å². The molecule has 2 heterocycles. The van der Waals surface area contributed by atoms with Crippen LogP contribution in [0.4, 0.5) is 17.1 Å². The summed E-state index contributed by atoms with van der Waals surface area (Å²) in [5.41, 5.74) is 5.60. The molecule has 5 heteroatoms. The fourth-order valence-corrected chi connectivity index (χ4v) is 4.18. The SMILES string of the molecule is c1ccc(-c2nc(-c3ccccc3)nc(-c3ccc(N(c4ccccc4)c4ccccc4)cn3)n2)cc1. The molecular weight excluding hydrogens is 454 g/mol. The number of hydrogen-bond acceptors (Lipinski definition) is 5. The fraction of sp³-hybridized carbons (Fsp3) is 0. The maximum atomic E-state index is 4.80. The van der Waals surface area contributed by atoms with Crippen molar-refractivity contribution in [2.75, 3.05) is 4.90 Å². The average Bonchev–Trinajstić information content (AvgIpc) is 2.99. The van der Waals surface area contributed by atoms with Gasteiger partial charge in [-0.1, -0.05) is 97.1 Å². The van der Waals surface area contributed by atoms with E-state index in [0.29, 0.717) is 23.2 Å². The minimum absolute atomic E-state index is 0.533. The minimum atomic E-state index is 0.533. The molecule has 0 atom stereocenters. The monoisotopic (exact) mass is 477 g/mol. The molecule has 0 saturated heterocycles. The molecule has 37 heavy (non-hydrogen) atoms. The summed E-state index contributed by atoms with van der Waals surface area (Å²) < 4.78 is 0. The van der Waals surface area contributed by atoms with Gasteiger partial charge in [0.05, 0.1) is 11.9 Å². The molecule has 0 aliphatic heterocycles. The Bertz CT molecular complexity index is 1490. The zero-order valence-electron chi connectivity index (χ0n) is 20.0. The van der Waals surface area contributed by atoms with Crippen LogP contribution in [0.3, 0.4) is 0 Å². The first-order chi connectivity index (χ1) is 18.3. The topological polar surface area (TPSA) is 54.8 Å². The van der Waals surface area contributed by atoms with Gasteiger partial charge in [0.2, 0.25) is 0 Å². The molecule has 0 radical (unpaired) electrons. The Morgan fingerprint density at radius 2 is 0.811 bits per heavy atom. The molecule has 0 aliphatic rings. The van der Waals surface area contributed by atoms with Crippen LogP contribution < -0.4 is 4.90 Å². The number of para-hydroxylation sites is 2. The number of benzene rings is 4. The molecule has 0 amide bonds. The van der Waals surface area contributed by atoms with Gasteiger partial charge in [-0.2, -0.15) is 0 Å². The first kappa shape index (κ1) is 22.3. The van der Waals surface area contributed by atoms with E-state index in [4.69, 9.17) is 19.9 Å². The smallest absolute Gasteiger partial charge is 0.182 e. The number of nitrogens with zero attached hydrogens (tertiary/aromatic N) is 5. The summed E-state index contributed by atoms with van der Waals surface area (Å²) in [5, 5.41) is 0. The van der Waals surface area contributed by atoms with Crippen LogP contribution in [0.15, 0.2) is 140 Å². The predicted octanol–water partition coefficient (Wildman–Crippen LogP) is 7.74. The second kappa shape index (κ2) is 10.2. The van der Waals surface area contributed by atoms with Crippen molar-refractivity contribution in [1.82, 2.24) is 19.9 Å². The maximum Gasteiger partial charge on any atom is 0.182 e. The van der Waals surface area contributed by atoms with E-state index >= 15 is 0 Å². The van der Waals surface area contributed by atoms with Crippen molar-refractivity contribution in [3.8, 4) is 34.3 Å². The molecule has 176 valence electrons. The van der Waals surface area contributed by atoms with Gasteiger partial charge in [0.15, 0.2) is 17.5 Å². The highest BCUT2D eigenvalue weighted by atomic mass is 15.1. The molecule has 0 saturated carbocycles. The van der Waals surface area contributed by atoms with Crippen LogP contribution in [-0.2, 0) is 0 Å². The van der Waals surface area contributed by atoms with Crippen molar-refractivity contribution >= 4 is 17.1 Å². The zero-order chi connectivity index (χ0) is 24.9. The van der Waals surface area contributed by atoms with Crippen LogP contribution >= 0.6 is 0 Å². The average molecular weight is 478 g/mol. The third-order valence-electron chi connectivity index (χ3n) is 5.96. The number of rotatable bonds is 6. The molecule has 0 N–H and O–H groups in total. The third kappa shape index (κ3) is 4.83. The summed E-state index contributed by atoms with van der Waals surface area (Å²) in [5.74, 6) is 1.77. The molecule has 4 aromatic carbocycles. The fourth-order valence-electron chi connectivity index (χ4n) is 4.18. The highest BCUT2D eigenvalue weighted by Gasteiger charge is 2.15. The van der Waals surface area contributed by atoms with Gasteiger partial charge < -0.3 is 4.90 Å². The van der Waals surface area contributed by atoms with Crippen molar-refractivity contribution < 1.29 is 0 Å². The van der Waals surface area contributed by atoms with E-state index in [1.165, 1.54) is 0 Å². The normalized spacial score (nSPS) is 10.7. The van der Waals surface area contributed by atoms with Crippen LogP contribution in [0.25, 0.3) is 34.3 Å². The van der Waals surface area contributed by atoms with Crippen molar-refractivity contribution in [2.24, 2.45) is 0 Å². The predicted molar refractivity (Wildman–Crippen MR) is 149 cm³/mol. The first-order valence-electron chi connectivity index (χ1n) is 12.1. The maximum absolute atomic E-state index is 4.80. The van der Waals surface area contributed by atoms with E-state index in [-0.39, 0.29) is 0 Å². The Kier molecular flexibility index (Phi) is 6.16. The molecule has 5 nitrogen and oxygen atoms in total. The van der Waals surface area contributed by atoms with Crippen LogP contribution in [0.2, 0.25) is 0 Å². The van der Waals surface area contributed by atoms with Gasteiger partial charge in [-0.05, 0) is 36.4 Å². The number of anilines is 3. The van der Waals surface area contributed by atoms with Crippen LogP contribution in [-0.4, -0.2) is 19.9 Å².